The van der Waals surface area contributed by atoms with Crippen molar-refractivity contribution in [3.63, 3.8) is 0 Å². The highest BCUT2D eigenvalue weighted by Crippen LogP contribution is 2.40. The number of hydrogen-bond acceptors (Lipinski definition) is 6. The summed E-state index contributed by atoms with van der Waals surface area (Å²) in [7, 11) is 0. The van der Waals surface area contributed by atoms with Crippen LogP contribution < -0.4 is 19.7 Å². The summed E-state index contributed by atoms with van der Waals surface area (Å²) in [5.74, 6) is 1.77. The first-order chi connectivity index (χ1) is 10.5. The molecule has 0 aliphatic carbocycles. The standard InChI is InChI=1S/C11H14N2O2.C5H10O2/c1-2-9(13-6-4-12-5-7-13)11-10(3-1)14-8-15-11;1-5(2,3)7-4-6/h1-3,12H,4-8H2;4H,1-3H3. The van der Waals surface area contributed by atoms with Crippen molar-refractivity contribution >= 4 is 12.2 Å². The van der Waals surface area contributed by atoms with Gasteiger partial charge in [0.25, 0.3) is 6.47 Å². The summed E-state index contributed by atoms with van der Waals surface area (Å²) in [5.41, 5.74) is 0.841. The molecule has 1 aromatic rings. The van der Waals surface area contributed by atoms with Crippen molar-refractivity contribution in [3.8, 4) is 11.5 Å². The third kappa shape index (κ3) is 4.53. The van der Waals surface area contributed by atoms with Crippen molar-refractivity contribution in [2.45, 2.75) is 26.4 Å². The molecule has 6 heteroatoms. The molecule has 2 aliphatic heterocycles. The molecule has 1 N–H and O–H groups in total. The largest absolute Gasteiger partial charge is 0.462 e. The first kappa shape index (κ1) is 16.4. The van der Waals surface area contributed by atoms with Crippen LogP contribution in [0.5, 0.6) is 11.5 Å². The number of anilines is 1. The second-order valence-corrected chi connectivity index (χ2v) is 6.07. The quantitative estimate of drug-likeness (QED) is 0.841. The maximum Gasteiger partial charge on any atom is 0.293 e. The zero-order chi connectivity index (χ0) is 16.0. The Balaban J connectivity index is 0.000000217. The Morgan fingerprint density at radius 2 is 1.95 bits per heavy atom. The van der Waals surface area contributed by atoms with Crippen LogP contribution in [-0.2, 0) is 9.53 Å². The molecular weight excluding hydrogens is 284 g/mol. The second kappa shape index (κ2) is 7.35. The third-order valence-electron chi connectivity index (χ3n) is 3.24. The van der Waals surface area contributed by atoms with Crippen molar-refractivity contribution in [2.75, 3.05) is 37.9 Å². The van der Waals surface area contributed by atoms with E-state index in [0.29, 0.717) is 13.3 Å². The van der Waals surface area contributed by atoms with E-state index in [0.717, 1.165) is 43.4 Å². The fraction of sp³-hybridized carbons (Fsp3) is 0.562. The van der Waals surface area contributed by atoms with Crippen LogP contribution >= 0.6 is 0 Å². The number of ether oxygens (including phenoxy) is 3. The summed E-state index contributed by atoms with van der Waals surface area (Å²) < 4.78 is 15.4. The van der Waals surface area contributed by atoms with Gasteiger partial charge in [-0.25, -0.2) is 0 Å². The fourth-order valence-corrected chi connectivity index (χ4v) is 2.21. The highest BCUT2D eigenvalue weighted by atomic mass is 16.7. The van der Waals surface area contributed by atoms with Gasteiger partial charge in [-0.05, 0) is 32.9 Å². The summed E-state index contributed by atoms with van der Waals surface area (Å²) in [6.45, 7) is 10.4. The van der Waals surface area contributed by atoms with Gasteiger partial charge in [0.1, 0.15) is 5.60 Å². The van der Waals surface area contributed by atoms with Crippen molar-refractivity contribution < 1.29 is 19.0 Å². The van der Waals surface area contributed by atoms with E-state index < -0.39 is 0 Å². The molecule has 2 aliphatic rings. The number of hydrogen-bond donors (Lipinski definition) is 1. The maximum atomic E-state index is 9.60. The van der Waals surface area contributed by atoms with Gasteiger partial charge in [0.05, 0.1) is 5.69 Å². The maximum absolute atomic E-state index is 9.60. The number of carbonyl (C=O) groups is 1. The number of benzene rings is 1. The van der Waals surface area contributed by atoms with Crippen LogP contribution in [0.2, 0.25) is 0 Å². The molecule has 6 nitrogen and oxygen atoms in total. The Morgan fingerprint density at radius 1 is 1.23 bits per heavy atom. The lowest BCUT2D eigenvalue weighted by Gasteiger charge is -2.29. The minimum atomic E-state index is -0.318. The Hall–Kier alpha value is -1.95. The molecule has 22 heavy (non-hydrogen) atoms. The van der Waals surface area contributed by atoms with Crippen LogP contribution in [0.3, 0.4) is 0 Å². The smallest absolute Gasteiger partial charge is 0.293 e. The topological polar surface area (TPSA) is 60.0 Å². The molecule has 1 saturated heterocycles. The lowest BCUT2D eigenvalue weighted by atomic mass is 10.2. The summed E-state index contributed by atoms with van der Waals surface area (Å²) in [5, 5.41) is 3.34. The number of piperazine rings is 1. The Kier molecular flexibility index (Phi) is 5.49. The SMILES string of the molecule is CC(C)(C)OC=O.c1cc2c(c(N3CCNCC3)c1)OCO2. The van der Waals surface area contributed by atoms with E-state index in [1.165, 1.54) is 0 Å². The molecule has 0 aromatic heterocycles. The van der Waals surface area contributed by atoms with Gasteiger partial charge in [0.15, 0.2) is 11.5 Å². The molecule has 0 spiro atoms. The minimum absolute atomic E-state index is 0.318. The van der Waals surface area contributed by atoms with Gasteiger partial charge in [0, 0.05) is 26.2 Å². The summed E-state index contributed by atoms with van der Waals surface area (Å²) in [4.78, 5) is 11.9. The van der Waals surface area contributed by atoms with E-state index in [9.17, 15) is 4.79 Å². The van der Waals surface area contributed by atoms with Gasteiger partial charge >= 0.3 is 0 Å². The molecule has 122 valence electrons. The lowest BCUT2D eigenvalue weighted by molar-refractivity contribution is -0.138. The molecule has 3 rings (SSSR count). The average molecular weight is 308 g/mol. The highest BCUT2D eigenvalue weighted by Gasteiger charge is 2.21. The van der Waals surface area contributed by atoms with E-state index in [-0.39, 0.29) is 5.60 Å². The van der Waals surface area contributed by atoms with Crippen LogP contribution in [0.15, 0.2) is 18.2 Å². The fourth-order valence-electron chi connectivity index (χ4n) is 2.21. The van der Waals surface area contributed by atoms with Crippen LogP contribution in [-0.4, -0.2) is 45.0 Å². The van der Waals surface area contributed by atoms with E-state index in [1.54, 1.807) is 0 Å². The molecule has 0 amide bonds. The number of para-hydroxylation sites is 1. The zero-order valence-corrected chi connectivity index (χ0v) is 13.4. The van der Waals surface area contributed by atoms with Crippen LogP contribution in [0.4, 0.5) is 5.69 Å². The Labute approximate surface area is 131 Å². The predicted molar refractivity (Wildman–Crippen MR) is 84.5 cm³/mol. The van der Waals surface area contributed by atoms with Gasteiger partial charge in [0.2, 0.25) is 6.79 Å². The number of carbonyl (C=O) groups excluding carboxylic acids is 1. The van der Waals surface area contributed by atoms with E-state index in [1.807, 2.05) is 32.9 Å². The van der Waals surface area contributed by atoms with Crippen LogP contribution in [0, 0.1) is 0 Å². The normalized spacial score (nSPS) is 16.6. The van der Waals surface area contributed by atoms with Crippen molar-refractivity contribution in [3.05, 3.63) is 18.2 Å². The molecule has 1 fully saturated rings. The van der Waals surface area contributed by atoms with E-state index in [4.69, 9.17) is 9.47 Å². The molecule has 0 saturated carbocycles. The van der Waals surface area contributed by atoms with Crippen molar-refractivity contribution in [1.29, 1.82) is 0 Å². The molecule has 1 aromatic carbocycles. The van der Waals surface area contributed by atoms with Gasteiger partial charge in [-0.2, -0.15) is 0 Å². The Bertz CT molecular complexity index is 493. The number of fused-ring (bicyclic) bond motifs is 1. The summed E-state index contributed by atoms with van der Waals surface area (Å²) in [6.07, 6.45) is 0. The first-order valence-corrected chi connectivity index (χ1v) is 7.47. The van der Waals surface area contributed by atoms with Crippen molar-refractivity contribution in [1.82, 2.24) is 5.32 Å². The monoisotopic (exact) mass is 308 g/mol. The third-order valence-corrected chi connectivity index (χ3v) is 3.24. The van der Waals surface area contributed by atoms with Gasteiger partial charge in [-0.3, -0.25) is 4.79 Å². The zero-order valence-electron chi connectivity index (χ0n) is 13.4. The van der Waals surface area contributed by atoms with Crippen LogP contribution in [0.25, 0.3) is 0 Å². The van der Waals surface area contributed by atoms with Crippen molar-refractivity contribution in [2.24, 2.45) is 0 Å². The average Bonchev–Trinajstić information content (AvgIpc) is 2.96. The lowest BCUT2D eigenvalue weighted by Crippen LogP contribution is -2.43. The number of nitrogens with one attached hydrogen (secondary N) is 1. The van der Waals surface area contributed by atoms with E-state index in [2.05, 4.69) is 21.0 Å². The molecular formula is C16H24N2O4. The highest BCUT2D eigenvalue weighted by molar-refractivity contribution is 5.65. The number of rotatable bonds is 2. The van der Waals surface area contributed by atoms with Gasteiger partial charge < -0.3 is 24.4 Å². The minimum Gasteiger partial charge on any atom is -0.462 e. The number of nitrogens with zero attached hydrogens (tertiary/aromatic N) is 1. The molecule has 0 radical (unpaired) electrons. The first-order valence-electron chi connectivity index (χ1n) is 7.47. The molecule has 2 heterocycles. The summed E-state index contributed by atoms with van der Waals surface area (Å²) in [6, 6.07) is 6.07. The molecule has 0 atom stereocenters. The van der Waals surface area contributed by atoms with Crippen LogP contribution in [0.1, 0.15) is 20.8 Å². The second-order valence-electron chi connectivity index (χ2n) is 6.07. The molecule has 0 bridgehead atoms. The predicted octanol–water partition coefficient (Wildman–Crippen LogP) is 1.78. The molecule has 0 unspecified atom stereocenters. The summed E-state index contributed by atoms with van der Waals surface area (Å²) >= 11 is 0. The van der Waals surface area contributed by atoms with Gasteiger partial charge in [-0.15, -0.1) is 0 Å². The Morgan fingerprint density at radius 3 is 2.55 bits per heavy atom. The van der Waals surface area contributed by atoms with Gasteiger partial charge in [-0.1, -0.05) is 6.07 Å². The van der Waals surface area contributed by atoms with E-state index >= 15 is 0 Å².